The summed E-state index contributed by atoms with van der Waals surface area (Å²) in [6.07, 6.45) is 0.692. The normalized spacial score (nSPS) is 12.3. The lowest BCUT2D eigenvalue weighted by Crippen LogP contribution is -2.34. The van der Waals surface area contributed by atoms with Gasteiger partial charge in [-0.2, -0.15) is 10.2 Å². The zero-order chi connectivity index (χ0) is 14.4. The maximum Gasteiger partial charge on any atom is 0.255 e. The third-order valence-electron chi connectivity index (χ3n) is 2.72. The Hall–Kier alpha value is -1.01. The van der Waals surface area contributed by atoms with E-state index in [-0.39, 0.29) is 10.7 Å². The van der Waals surface area contributed by atoms with Crippen LogP contribution in [0.4, 0.5) is 0 Å². The van der Waals surface area contributed by atoms with E-state index in [0.717, 1.165) is 11.4 Å². The molecule has 1 aromatic heterocycles. The molecule has 0 aliphatic rings. The SMILES string of the molecule is CCc1nnc(C)cc1C(=O)N(C)CC(Br)COC. The molecule has 0 N–H and O–H groups in total. The molecule has 1 amide bonds. The van der Waals surface area contributed by atoms with Gasteiger partial charge in [-0.15, -0.1) is 0 Å². The molecule has 1 rings (SSSR count). The van der Waals surface area contributed by atoms with Crippen LogP contribution in [0.1, 0.15) is 28.7 Å². The quantitative estimate of drug-likeness (QED) is 0.747. The highest BCUT2D eigenvalue weighted by Crippen LogP contribution is 2.12. The van der Waals surface area contributed by atoms with Gasteiger partial charge in [0.25, 0.3) is 5.91 Å². The number of amides is 1. The van der Waals surface area contributed by atoms with Crippen LogP contribution in [0.5, 0.6) is 0 Å². The lowest BCUT2D eigenvalue weighted by molar-refractivity contribution is 0.0782. The number of aryl methyl sites for hydroxylation is 2. The summed E-state index contributed by atoms with van der Waals surface area (Å²) in [4.78, 5) is 14.2. The second-order valence-electron chi connectivity index (χ2n) is 4.44. The van der Waals surface area contributed by atoms with Crippen molar-refractivity contribution in [2.24, 2.45) is 0 Å². The second-order valence-corrected chi connectivity index (χ2v) is 5.73. The van der Waals surface area contributed by atoms with Crippen LogP contribution in [0.3, 0.4) is 0 Å². The summed E-state index contributed by atoms with van der Waals surface area (Å²) >= 11 is 3.48. The highest BCUT2D eigenvalue weighted by molar-refractivity contribution is 9.09. The minimum Gasteiger partial charge on any atom is -0.383 e. The number of hydrogen-bond acceptors (Lipinski definition) is 4. The Kier molecular flexibility index (Phi) is 6.37. The first-order chi connectivity index (χ1) is 8.99. The van der Waals surface area contributed by atoms with Crippen LogP contribution < -0.4 is 0 Å². The molecule has 5 nitrogen and oxygen atoms in total. The van der Waals surface area contributed by atoms with Gasteiger partial charge in [0.15, 0.2) is 0 Å². The molecule has 1 unspecified atom stereocenters. The molecule has 19 heavy (non-hydrogen) atoms. The molecule has 106 valence electrons. The van der Waals surface area contributed by atoms with Crippen molar-refractivity contribution in [2.75, 3.05) is 27.3 Å². The molecule has 0 bridgehead atoms. The van der Waals surface area contributed by atoms with Gasteiger partial charge in [-0.25, -0.2) is 0 Å². The molecule has 0 fully saturated rings. The van der Waals surface area contributed by atoms with E-state index in [2.05, 4.69) is 26.1 Å². The monoisotopic (exact) mass is 329 g/mol. The summed E-state index contributed by atoms with van der Waals surface area (Å²) in [7, 11) is 3.42. The van der Waals surface area contributed by atoms with E-state index in [4.69, 9.17) is 4.74 Å². The number of halogens is 1. The van der Waals surface area contributed by atoms with Crippen LogP contribution in [-0.4, -0.2) is 53.1 Å². The Morgan fingerprint density at radius 1 is 1.53 bits per heavy atom. The Balaban J connectivity index is 2.84. The highest BCUT2D eigenvalue weighted by Gasteiger charge is 2.19. The summed E-state index contributed by atoms with van der Waals surface area (Å²) in [6, 6.07) is 1.80. The van der Waals surface area contributed by atoms with Gasteiger partial charge in [-0.3, -0.25) is 4.79 Å². The van der Waals surface area contributed by atoms with Crippen molar-refractivity contribution in [1.29, 1.82) is 0 Å². The summed E-state index contributed by atoms with van der Waals surface area (Å²) in [5.74, 6) is -0.0320. The van der Waals surface area contributed by atoms with Crippen LogP contribution in [0.25, 0.3) is 0 Å². The third-order valence-corrected chi connectivity index (χ3v) is 3.28. The predicted molar refractivity (Wildman–Crippen MR) is 77.7 cm³/mol. The standard InChI is InChI=1S/C13H20BrN3O2/c1-5-12-11(6-9(2)15-16-12)13(18)17(3)7-10(14)8-19-4/h6,10H,5,7-8H2,1-4H3. The molecule has 0 aliphatic heterocycles. The summed E-state index contributed by atoms with van der Waals surface area (Å²) < 4.78 is 5.05. The Morgan fingerprint density at radius 3 is 2.79 bits per heavy atom. The van der Waals surface area contributed by atoms with Crippen molar-refractivity contribution in [3.05, 3.63) is 23.0 Å². The van der Waals surface area contributed by atoms with Crippen molar-refractivity contribution in [3.63, 3.8) is 0 Å². The minimum atomic E-state index is -0.0320. The molecule has 1 heterocycles. The fourth-order valence-corrected chi connectivity index (χ4v) is 2.48. The second kappa shape index (κ2) is 7.55. The smallest absolute Gasteiger partial charge is 0.255 e. The van der Waals surface area contributed by atoms with Crippen molar-refractivity contribution in [2.45, 2.75) is 25.1 Å². The van der Waals surface area contributed by atoms with Gasteiger partial charge in [0, 0.05) is 20.7 Å². The third kappa shape index (κ3) is 4.54. The average molecular weight is 330 g/mol. The molecule has 0 radical (unpaired) electrons. The average Bonchev–Trinajstić information content (AvgIpc) is 2.37. The summed E-state index contributed by atoms with van der Waals surface area (Å²) in [5, 5.41) is 8.07. The molecule has 0 spiro atoms. The van der Waals surface area contributed by atoms with E-state index in [0.29, 0.717) is 25.1 Å². The first kappa shape index (κ1) is 16.0. The number of alkyl halides is 1. The summed E-state index contributed by atoms with van der Waals surface area (Å²) in [5.41, 5.74) is 2.12. The van der Waals surface area contributed by atoms with Gasteiger partial charge in [0.2, 0.25) is 0 Å². The first-order valence-electron chi connectivity index (χ1n) is 6.21. The van der Waals surface area contributed by atoms with Gasteiger partial charge in [-0.05, 0) is 19.4 Å². The molecule has 0 saturated carbocycles. The largest absolute Gasteiger partial charge is 0.383 e. The Morgan fingerprint density at radius 2 is 2.21 bits per heavy atom. The molecule has 0 aliphatic carbocycles. The molecule has 1 aromatic rings. The topological polar surface area (TPSA) is 55.3 Å². The van der Waals surface area contributed by atoms with E-state index < -0.39 is 0 Å². The van der Waals surface area contributed by atoms with Crippen molar-refractivity contribution >= 4 is 21.8 Å². The maximum absolute atomic E-state index is 12.4. The van der Waals surface area contributed by atoms with Crippen molar-refractivity contribution in [3.8, 4) is 0 Å². The number of ether oxygens (including phenoxy) is 1. The highest BCUT2D eigenvalue weighted by atomic mass is 79.9. The molecule has 6 heteroatoms. The molecule has 0 saturated heterocycles. The zero-order valence-corrected chi connectivity index (χ0v) is 13.4. The lowest BCUT2D eigenvalue weighted by Gasteiger charge is -2.21. The minimum absolute atomic E-state index is 0.0320. The van der Waals surface area contributed by atoms with E-state index in [1.165, 1.54) is 0 Å². The van der Waals surface area contributed by atoms with E-state index in [1.54, 1.807) is 25.1 Å². The molecular formula is C13H20BrN3O2. The van der Waals surface area contributed by atoms with Crippen LogP contribution in [0, 0.1) is 6.92 Å². The Labute approximate surface area is 122 Å². The van der Waals surface area contributed by atoms with Crippen molar-refractivity contribution in [1.82, 2.24) is 15.1 Å². The first-order valence-corrected chi connectivity index (χ1v) is 7.12. The number of hydrogen-bond donors (Lipinski definition) is 0. The number of rotatable bonds is 6. The van der Waals surface area contributed by atoms with Gasteiger partial charge >= 0.3 is 0 Å². The Bertz CT molecular complexity index is 440. The summed E-state index contributed by atoms with van der Waals surface area (Å²) in [6.45, 7) is 4.94. The maximum atomic E-state index is 12.4. The number of carbonyl (C=O) groups excluding carboxylic acids is 1. The van der Waals surface area contributed by atoms with Crippen molar-refractivity contribution < 1.29 is 9.53 Å². The lowest BCUT2D eigenvalue weighted by atomic mass is 10.1. The van der Waals surface area contributed by atoms with Gasteiger partial charge < -0.3 is 9.64 Å². The van der Waals surface area contributed by atoms with Gasteiger partial charge in [0.1, 0.15) is 0 Å². The van der Waals surface area contributed by atoms with Gasteiger partial charge in [-0.1, -0.05) is 22.9 Å². The number of methoxy groups -OCH3 is 1. The zero-order valence-electron chi connectivity index (χ0n) is 11.8. The fraction of sp³-hybridized carbons (Fsp3) is 0.615. The van der Waals surface area contributed by atoms with Crippen LogP contribution in [-0.2, 0) is 11.2 Å². The molecule has 0 aromatic carbocycles. The van der Waals surface area contributed by atoms with E-state index in [1.807, 2.05) is 13.8 Å². The van der Waals surface area contributed by atoms with Crippen LogP contribution in [0.15, 0.2) is 6.07 Å². The van der Waals surface area contributed by atoms with E-state index in [9.17, 15) is 4.79 Å². The predicted octanol–water partition coefficient (Wildman–Crippen LogP) is 1.83. The van der Waals surface area contributed by atoms with E-state index >= 15 is 0 Å². The van der Waals surface area contributed by atoms with Crippen LogP contribution >= 0.6 is 15.9 Å². The fourth-order valence-electron chi connectivity index (χ4n) is 1.78. The number of nitrogens with zero attached hydrogens (tertiary/aromatic N) is 3. The molecule has 1 atom stereocenters. The van der Waals surface area contributed by atoms with Gasteiger partial charge in [0.05, 0.1) is 28.4 Å². The molecular weight excluding hydrogens is 310 g/mol. The van der Waals surface area contributed by atoms with Crippen LogP contribution in [0.2, 0.25) is 0 Å². The number of aromatic nitrogens is 2. The number of carbonyl (C=O) groups is 1.